The lowest BCUT2D eigenvalue weighted by molar-refractivity contribution is -0.274. The monoisotopic (exact) mass is 257 g/mol. The van der Waals surface area contributed by atoms with Gasteiger partial charge in [-0.2, -0.15) is 5.10 Å². The van der Waals surface area contributed by atoms with Crippen molar-refractivity contribution in [2.45, 2.75) is 6.36 Å². The number of alkyl halides is 3. The zero-order valence-electron chi connectivity index (χ0n) is 9.40. The first-order valence-electron chi connectivity index (χ1n) is 5.01. The summed E-state index contributed by atoms with van der Waals surface area (Å²) in [5, 5.41) is 3.88. The van der Waals surface area contributed by atoms with Crippen LogP contribution in [-0.4, -0.2) is 16.1 Å². The molecule has 0 aliphatic heterocycles. The highest BCUT2D eigenvalue weighted by atomic mass is 19.4. The van der Waals surface area contributed by atoms with Gasteiger partial charge in [0.25, 0.3) is 0 Å². The molecule has 0 saturated heterocycles. The molecular weight excluding hydrogens is 247 g/mol. The largest absolute Gasteiger partial charge is 0.573 e. The van der Waals surface area contributed by atoms with E-state index in [1.165, 1.54) is 29.1 Å². The van der Waals surface area contributed by atoms with Gasteiger partial charge in [0.2, 0.25) is 0 Å². The molecule has 1 aromatic carbocycles. The smallest absolute Gasteiger partial charge is 0.405 e. The second kappa shape index (κ2) is 4.25. The molecule has 0 spiro atoms. The number of aromatic nitrogens is 2. The van der Waals surface area contributed by atoms with Crippen molar-refractivity contribution in [3.05, 3.63) is 30.5 Å². The Bertz CT molecular complexity index is 563. The average Bonchev–Trinajstić information content (AvgIpc) is 2.56. The predicted molar refractivity (Wildman–Crippen MR) is 59.7 cm³/mol. The maximum atomic E-state index is 12.3. The first-order chi connectivity index (χ1) is 8.37. The third kappa shape index (κ3) is 2.55. The number of para-hydroxylation sites is 1. The fourth-order valence-electron chi connectivity index (χ4n) is 1.62. The molecule has 0 aliphatic rings. The Labute approximate surface area is 101 Å². The van der Waals surface area contributed by atoms with Crippen molar-refractivity contribution >= 4 is 5.82 Å². The summed E-state index contributed by atoms with van der Waals surface area (Å²) in [6.07, 6.45) is -3.21. The van der Waals surface area contributed by atoms with E-state index < -0.39 is 6.36 Å². The molecule has 0 aliphatic carbocycles. The fourth-order valence-corrected chi connectivity index (χ4v) is 1.62. The highest BCUT2D eigenvalue weighted by Crippen LogP contribution is 2.35. The summed E-state index contributed by atoms with van der Waals surface area (Å²) in [7, 11) is 1.63. The number of hydrogen-bond acceptors (Lipinski definition) is 3. The summed E-state index contributed by atoms with van der Waals surface area (Å²) in [4.78, 5) is 0. The van der Waals surface area contributed by atoms with Gasteiger partial charge in [0.1, 0.15) is 5.75 Å². The van der Waals surface area contributed by atoms with Crippen LogP contribution in [0.4, 0.5) is 19.0 Å². The molecule has 0 amide bonds. The Hall–Kier alpha value is -2.18. The van der Waals surface area contributed by atoms with Gasteiger partial charge in [0.05, 0.1) is 0 Å². The van der Waals surface area contributed by atoms with Crippen LogP contribution in [0.15, 0.2) is 30.5 Å². The summed E-state index contributed by atoms with van der Waals surface area (Å²) < 4.78 is 42.2. The van der Waals surface area contributed by atoms with Gasteiger partial charge in [0, 0.05) is 24.4 Å². The number of nitrogen functional groups attached to an aromatic ring is 1. The molecule has 0 bridgehead atoms. The molecule has 2 aromatic rings. The average molecular weight is 257 g/mol. The lowest BCUT2D eigenvalue weighted by Crippen LogP contribution is -2.17. The maximum absolute atomic E-state index is 12.3. The van der Waals surface area contributed by atoms with Gasteiger partial charge >= 0.3 is 6.36 Å². The summed E-state index contributed by atoms with van der Waals surface area (Å²) in [6.45, 7) is 0. The van der Waals surface area contributed by atoms with E-state index in [4.69, 9.17) is 5.73 Å². The van der Waals surface area contributed by atoms with Crippen LogP contribution in [0, 0.1) is 0 Å². The number of halogens is 3. The zero-order valence-corrected chi connectivity index (χ0v) is 9.40. The normalized spacial score (nSPS) is 11.6. The van der Waals surface area contributed by atoms with E-state index in [9.17, 15) is 13.2 Å². The van der Waals surface area contributed by atoms with Crippen LogP contribution in [0.25, 0.3) is 11.1 Å². The number of benzene rings is 1. The highest BCUT2D eigenvalue weighted by molar-refractivity contribution is 5.77. The zero-order chi connectivity index (χ0) is 13.3. The molecule has 0 radical (unpaired) electrons. The van der Waals surface area contributed by atoms with Crippen LogP contribution < -0.4 is 10.5 Å². The Morgan fingerprint density at radius 3 is 2.44 bits per heavy atom. The third-order valence-electron chi connectivity index (χ3n) is 2.26. The Kier molecular flexibility index (Phi) is 2.90. The van der Waals surface area contributed by atoms with E-state index >= 15 is 0 Å². The van der Waals surface area contributed by atoms with Gasteiger partial charge in [-0.05, 0) is 6.07 Å². The predicted octanol–water partition coefficient (Wildman–Crippen LogP) is 2.57. The van der Waals surface area contributed by atoms with Crippen molar-refractivity contribution in [2.75, 3.05) is 5.73 Å². The molecule has 4 nitrogen and oxygen atoms in total. The van der Waals surface area contributed by atoms with Crippen LogP contribution in [0.5, 0.6) is 5.75 Å². The Morgan fingerprint density at radius 2 is 1.89 bits per heavy atom. The molecule has 18 heavy (non-hydrogen) atoms. The van der Waals surface area contributed by atoms with Crippen molar-refractivity contribution in [3.63, 3.8) is 0 Å². The van der Waals surface area contributed by atoms with Gasteiger partial charge in [0.15, 0.2) is 5.82 Å². The van der Waals surface area contributed by atoms with Crippen molar-refractivity contribution < 1.29 is 17.9 Å². The minimum atomic E-state index is -4.74. The minimum absolute atomic E-state index is 0.149. The molecule has 0 unspecified atom stereocenters. The van der Waals surface area contributed by atoms with Gasteiger partial charge in [-0.25, -0.2) is 0 Å². The van der Waals surface area contributed by atoms with E-state index in [0.29, 0.717) is 5.56 Å². The molecule has 0 fully saturated rings. The van der Waals surface area contributed by atoms with Crippen LogP contribution in [-0.2, 0) is 7.05 Å². The van der Waals surface area contributed by atoms with E-state index in [1.54, 1.807) is 13.1 Å². The number of ether oxygens (including phenoxy) is 1. The minimum Gasteiger partial charge on any atom is -0.405 e. The quantitative estimate of drug-likeness (QED) is 0.899. The summed E-state index contributed by atoms with van der Waals surface area (Å²) >= 11 is 0. The van der Waals surface area contributed by atoms with Crippen LogP contribution >= 0.6 is 0 Å². The Morgan fingerprint density at radius 1 is 1.22 bits per heavy atom. The molecule has 96 valence electrons. The number of anilines is 1. The first-order valence-corrected chi connectivity index (χ1v) is 5.01. The molecule has 1 aromatic heterocycles. The third-order valence-corrected chi connectivity index (χ3v) is 2.26. The highest BCUT2D eigenvalue weighted by Gasteiger charge is 2.32. The number of hydrogen-bond donors (Lipinski definition) is 1. The molecular formula is C11H10F3N3O. The van der Waals surface area contributed by atoms with E-state index in [0.717, 1.165) is 0 Å². The molecule has 2 rings (SSSR count). The summed E-state index contributed by atoms with van der Waals surface area (Å²) in [5.74, 6) is -0.152. The van der Waals surface area contributed by atoms with Crippen LogP contribution in [0.1, 0.15) is 0 Å². The number of rotatable bonds is 2. The van der Waals surface area contributed by atoms with Crippen molar-refractivity contribution in [2.24, 2.45) is 7.05 Å². The second-order valence-corrected chi connectivity index (χ2v) is 3.65. The van der Waals surface area contributed by atoms with Gasteiger partial charge < -0.3 is 10.5 Å². The second-order valence-electron chi connectivity index (χ2n) is 3.65. The topological polar surface area (TPSA) is 53.1 Å². The lowest BCUT2D eigenvalue weighted by atomic mass is 10.1. The summed E-state index contributed by atoms with van der Waals surface area (Å²) in [6, 6.07) is 5.78. The number of nitrogens with zero attached hydrogens (tertiary/aromatic N) is 2. The van der Waals surface area contributed by atoms with Gasteiger partial charge in [-0.3, -0.25) is 4.68 Å². The lowest BCUT2D eigenvalue weighted by Gasteiger charge is -2.12. The first kappa shape index (κ1) is 12.3. The van der Waals surface area contributed by atoms with E-state index in [2.05, 4.69) is 9.84 Å². The fraction of sp³-hybridized carbons (Fsp3) is 0.182. The van der Waals surface area contributed by atoms with E-state index in [1.807, 2.05) is 0 Å². The van der Waals surface area contributed by atoms with Gasteiger partial charge in [-0.1, -0.05) is 18.2 Å². The van der Waals surface area contributed by atoms with Crippen LogP contribution in [0.3, 0.4) is 0 Å². The number of aryl methyl sites for hydroxylation is 1. The van der Waals surface area contributed by atoms with E-state index in [-0.39, 0.29) is 17.1 Å². The maximum Gasteiger partial charge on any atom is 0.573 e. The van der Waals surface area contributed by atoms with Gasteiger partial charge in [-0.15, -0.1) is 13.2 Å². The van der Waals surface area contributed by atoms with Crippen LogP contribution in [0.2, 0.25) is 0 Å². The Balaban J connectivity index is 2.48. The number of nitrogens with two attached hydrogens (primary N) is 1. The molecule has 1 heterocycles. The molecule has 0 atom stereocenters. The summed E-state index contributed by atoms with van der Waals surface area (Å²) in [5.41, 5.74) is 6.29. The van der Waals surface area contributed by atoms with Crippen molar-refractivity contribution in [1.29, 1.82) is 0 Å². The molecule has 2 N–H and O–H groups in total. The van der Waals surface area contributed by atoms with Crippen molar-refractivity contribution in [3.8, 4) is 16.9 Å². The molecule has 7 heteroatoms. The molecule has 0 saturated carbocycles. The SMILES string of the molecule is Cn1cc(-c2ccccc2OC(F)(F)F)c(N)n1. The standard InChI is InChI=1S/C11H10F3N3O/c1-17-6-8(10(15)16-17)7-4-2-3-5-9(7)18-11(12,13)14/h2-6H,1H3,(H2,15,16). The van der Waals surface area contributed by atoms with Crippen molar-refractivity contribution in [1.82, 2.24) is 9.78 Å².